The normalized spacial score (nSPS) is 40.1. The molecule has 2 saturated carbocycles. The highest BCUT2D eigenvalue weighted by Gasteiger charge is 2.70. The van der Waals surface area contributed by atoms with Crippen LogP contribution in [0.5, 0.6) is 5.75 Å². The summed E-state index contributed by atoms with van der Waals surface area (Å²) in [5.41, 5.74) is -0.880. The fraction of sp³-hybridized carbons (Fsp3) is 0.500. The van der Waals surface area contributed by atoms with E-state index in [1.165, 1.54) is 0 Å². The first-order valence-electron chi connectivity index (χ1n) is 14.1. The molecule has 1 saturated heterocycles. The smallest absolute Gasteiger partial charge is 0.345 e. The highest BCUT2D eigenvalue weighted by Crippen LogP contribution is 2.68. The number of fused-ring (bicyclic) bond motifs is 6. The summed E-state index contributed by atoms with van der Waals surface area (Å²) < 4.78 is 25.1. The summed E-state index contributed by atoms with van der Waals surface area (Å²) in [7, 11) is 0. The number of benzene rings is 1. The minimum absolute atomic E-state index is 0.0370. The van der Waals surface area contributed by atoms with Crippen molar-refractivity contribution < 1.29 is 28.8 Å². The topological polar surface area (TPSA) is 111 Å². The number of hydrogen-bond donors (Lipinski definition) is 2. The summed E-state index contributed by atoms with van der Waals surface area (Å²) >= 11 is 0. The second-order valence-corrected chi connectivity index (χ2v) is 12.7. The molecule has 0 radical (unpaired) electrons. The van der Waals surface area contributed by atoms with Crippen molar-refractivity contribution in [1.82, 2.24) is 4.98 Å². The Labute approximate surface area is 232 Å². The van der Waals surface area contributed by atoms with Crippen LogP contribution in [0.2, 0.25) is 0 Å². The molecule has 210 valence electrons. The maximum absolute atomic E-state index is 13.3. The quantitative estimate of drug-likeness (QED) is 0.472. The minimum Gasteiger partial charge on any atom is -0.484 e. The van der Waals surface area contributed by atoms with Crippen molar-refractivity contribution in [3.8, 4) is 17.1 Å². The summed E-state index contributed by atoms with van der Waals surface area (Å²) in [6.45, 7) is 6.68. The molecular weight excluding hydrogens is 510 g/mol. The molecule has 4 heterocycles. The Kier molecular flexibility index (Phi) is 5.81. The fourth-order valence-corrected chi connectivity index (χ4v) is 8.49. The number of hydrogen-bond acceptors (Lipinski definition) is 8. The van der Waals surface area contributed by atoms with E-state index < -0.39 is 46.5 Å². The lowest BCUT2D eigenvalue weighted by Gasteiger charge is -2.67. The lowest BCUT2D eigenvalue weighted by Crippen LogP contribution is -2.71. The number of ether oxygens (including phenoxy) is 3. The fourth-order valence-electron chi connectivity index (χ4n) is 8.49. The van der Waals surface area contributed by atoms with Gasteiger partial charge in [0.05, 0.1) is 24.9 Å². The monoisotopic (exact) mass is 545 g/mol. The van der Waals surface area contributed by atoms with E-state index in [4.69, 9.17) is 18.6 Å². The third-order valence-corrected chi connectivity index (χ3v) is 10.5. The summed E-state index contributed by atoms with van der Waals surface area (Å²) in [5, 5.41) is 23.7. The molecule has 7 rings (SSSR count). The van der Waals surface area contributed by atoms with Crippen LogP contribution in [-0.4, -0.2) is 39.6 Å². The molecule has 3 fully saturated rings. The van der Waals surface area contributed by atoms with Gasteiger partial charge in [-0.1, -0.05) is 44.2 Å². The van der Waals surface area contributed by atoms with Crippen LogP contribution in [0.25, 0.3) is 11.3 Å². The second-order valence-electron chi connectivity index (χ2n) is 12.7. The number of aliphatic hydroxyl groups excluding tert-OH is 2. The highest BCUT2D eigenvalue weighted by atomic mass is 16.7. The van der Waals surface area contributed by atoms with Crippen LogP contribution in [-0.2, 0) is 9.47 Å². The van der Waals surface area contributed by atoms with Crippen molar-refractivity contribution in [2.45, 2.75) is 70.2 Å². The first kappa shape index (κ1) is 25.9. The first-order chi connectivity index (χ1) is 19.1. The van der Waals surface area contributed by atoms with Crippen LogP contribution in [0.15, 0.2) is 70.1 Å². The summed E-state index contributed by atoms with van der Waals surface area (Å²) in [6, 6.07) is 15.1. The second kappa shape index (κ2) is 8.98. The molecule has 0 bridgehead atoms. The summed E-state index contributed by atoms with van der Waals surface area (Å²) in [5.74, 6) is -0.0292. The van der Waals surface area contributed by atoms with Gasteiger partial charge in [-0.05, 0) is 49.7 Å². The van der Waals surface area contributed by atoms with Crippen LogP contribution in [0.4, 0.5) is 0 Å². The maximum atomic E-state index is 13.3. The van der Waals surface area contributed by atoms with Gasteiger partial charge in [-0.15, -0.1) is 0 Å². The zero-order chi connectivity index (χ0) is 27.9. The standard InChI is InChI=1S/C32H35NO7/c1-30-12-11-24-31(2,17-37-29(39-24)18-8-5-4-6-9-18)22(30)15-23(34)32(3)27(30)26(35)25-21(40-32)14-20(38-28(25)36)19-10-7-13-33-16-19/h4-10,13-14,16,22-24,26-27,29,34-35H,11-12,15,17H2,1-3H3/t22?,23-,24?,26-,27?,29?,30-,31-,32+/m0/s1. The van der Waals surface area contributed by atoms with Crippen LogP contribution in [0.1, 0.15) is 63.6 Å². The van der Waals surface area contributed by atoms with Crippen LogP contribution in [0.3, 0.4) is 0 Å². The van der Waals surface area contributed by atoms with Gasteiger partial charge in [-0.2, -0.15) is 0 Å². The molecule has 4 unspecified atom stereocenters. The van der Waals surface area contributed by atoms with E-state index in [2.05, 4.69) is 18.8 Å². The van der Waals surface area contributed by atoms with Crippen molar-refractivity contribution in [3.63, 3.8) is 0 Å². The number of aliphatic hydroxyl groups is 2. The van der Waals surface area contributed by atoms with Gasteiger partial charge in [0.1, 0.15) is 22.7 Å². The van der Waals surface area contributed by atoms with Gasteiger partial charge in [-0.25, -0.2) is 4.79 Å². The van der Waals surface area contributed by atoms with Gasteiger partial charge < -0.3 is 28.8 Å². The predicted molar refractivity (Wildman–Crippen MR) is 145 cm³/mol. The van der Waals surface area contributed by atoms with Gasteiger partial charge >= 0.3 is 5.63 Å². The third kappa shape index (κ3) is 3.59. The van der Waals surface area contributed by atoms with Gasteiger partial charge in [-0.3, -0.25) is 4.98 Å². The average molecular weight is 546 g/mol. The Balaban J connectivity index is 1.26. The van der Waals surface area contributed by atoms with Crippen molar-refractivity contribution in [2.24, 2.45) is 22.7 Å². The van der Waals surface area contributed by atoms with Gasteiger partial charge in [0, 0.05) is 40.9 Å². The molecule has 2 aliphatic carbocycles. The zero-order valence-corrected chi connectivity index (χ0v) is 22.9. The van der Waals surface area contributed by atoms with E-state index in [-0.39, 0.29) is 23.3 Å². The van der Waals surface area contributed by atoms with E-state index in [1.807, 2.05) is 37.3 Å². The van der Waals surface area contributed by atoms with E-state index >= 15 is 0 Å². The van der Waals surface area contributed by atoms with Crippen molar-refractivity contribution in [3.05, 3.63) is 82.5 Å². The van der Waals surface area contributed by atoms with Crippen molar-refractivity contribution >= 4 is 0 Å². The average Bonchev–Trinajstić information content (AvgIpc) is 2.94. The molecule has 8 heteroatoms. The van der Waals surface area contributed by atoms with Crippen LogP contribution >= 0.6 is 0 Å². The molecule has 0 spiro atoms. The number of aromatic nitrogens is 1. The molecule has 2 aromatic heterocycles. The Morgan fingerprint density at radius 3 is 2.58 bits per heavy atom. The molecule has 8 nitrogen and oxygen atoms in total. The van der Waals surface area contributed by atoms with Crippen molar-refractivity contribution in [2.75, 3.05) is 6.61 Å². The van der Waals surface area contributed by atoms with Gasteiger partial charge in [0.2, 0.25) is 0 Å². The number of rotatable bonds is 2. The lowest BCUT2D eigenvalue weighted by molar-refractivity contribution is -0.330. The molecule has 9 atom stereocenters. The Bertz CT molecular complexity index is 1480. The molecule has 2 N–H and O–H groups in total. The Morgan fingerprint density at radius 1 is 1.02 bits per heavy atom. The minimum atomic E-state index is -1.17. The number of pyridine rings is 1. The van der Waals surface area contributed by atoms with E-state index in [0.717, 1.165) is 18.4 Å². The Hall–Kier alpha value is -3.04. The molecule has 40 heavy (non-hydrogen) atoms. The largest absolute Gasteiger partial charge is 0.484 e. The van der Waals surface area contributed by atoms with Gasteiger partial charge in [0.15, 0.2) is 6.29 Å². The van der Waals surface area contributed by atoms with E-state index in [0.29, 0.717) is 24.4 Å². The molecule has 3 aromatic rings. The summed E-state index contributed by atoms with van der Waals surface area (Å²) in [6.07, 6.45) is 2.69. The molecular formula is C32H35NO7. The van der Waals surface area contributed by atoms with Crippen molar-refractivity contribution in [1.29, 1.82) is 0 Å². The summed E-state index contributed by atoms with van der Waals surface area (Å²) in [4.78, 5) is 17.4. The zero-order valence-electron chi connectivity index (χ0n) is 22.9. The molecule has 2 aliphatic heterocycles. The predicted octanol–water partition coefficient (Wildman–Crippen LogP) is 4.80. The van der Waals surface area contributed by atoms with Gasteiger partial charge in [0.25, 0.3) is 0 Å². The van der Waals surface area contributed by atoms with E-state index in [1.54, 1.807) is 30.6 Å². The maximum Gasteiger partial charge on any atom is 0.345 e. The third-order valence-electron chi connectivity index (χ3n) is 10.5. The van der Waals surface area contributed by atoms with Crippen LogP contribution in [0, 0.1) is 22.7 Å². The van der Waals surface area contributed by atoms with E-state index in [9.17, 15) is 15.0 Å². The number of nitrogens with zero attached hydrogens (tertiary/aromatic N) is 1. The first-order valence-corrected chi connectivity index (χ1v) is 14.1. The molecule has 4 aliphatic rings. The SMILES string of the molecule is C[C@]12CCC3OC(c4ccccc4)OC[C@@]3(C)C1C[C@H](O)[C@@]1(C)Oc3cc(-c4cccnc4)oc(=O)c3[C@H](O)C21. The highest BCUT2D eigenvalue weighted by molar-refractivity contribution is 5.59. The molecule has 1 aromatic carbocycles. The Morgan fingerprint density at radius 2 is 1.82 bits per heavy atom. The molecule has 0 amide bonds. The lowest BCUT2D eigenvalue weighted by atomic mass is 9.42. The van der Waals surface area contributed by atoms with Crippen LogP contribution < -0.4 is 10.4 Å².